The van der Waals surface area contributed by atoms with Crippen LogP contribution < -0.4 is 5.32 Å². The number of amides is 2. The lowest BCUT2D eigenvalue weighted by atomic mass is 9.88. The third-order valence-corrected chi connectivity index (χ3v) is 5.18. The number of aliphatic carboxylic acids is 1. The number of aliphatic hydroxyl groups is 1. The van der Waals surface area contributed by atoms with Gasteiger partial charge in [0.25, 0.3) is 5.69 Å². The lowest BCUT2D eigenvalue weighted by molar-refractivity contribution is -0.384. The number of aliphatic hydroxyl groups excluding tert-OH is 1. The molecule has 32 heavy (non-hydrogen) atoms. The third kappa shape index (κ3) is 6.00. The van der Waals surface area contributed by atoms with Gasteiger partial charge >= 0.3 is 11.9 Å². The lowest BCUT2D eigenvalue weighted by Gasteiger charge is -2.28. The number of hydrogen-bond acceptors (Lipinski definition) is 8. The normalized spacial score (nSPS) is 19.7. The largest absolute Gasteiger partial charge is 0.480 e. The van der Waals surface area contributed by atoms with E-state index in [2.05, 4.69) is 5.32 Å². The summed E-state index contributed by atoms with van der Waals surface area (Å²) < 4.78 is 4.91. The topological polar surface area (TPSA) is 176 Å². The van der Waals surface area contributed by atoms with Crippen molar-refractivity contribution in [3.05, 3.63) is 39.9 Å². The summed E-state index contributed by atoms with van der Waals surface area (Å²) in [6.07, 6.45) is -1.40. The van der Waals surface area contributed by atoms with Crippen LogP contribution in [0.5, 0.6) is 0 Å². The van der Waals surface area contributed by atoms with Gasteiger partial charge in [0.15, 0.2) is 0 Å². The van der Waals surface area contributed by atoms with Crippen LogP contribution in [0.25, 0.3) is 0 Å². The lowest BCUT2D eigenvalue weighted by Crippen LogP contribution is -2.52. The monoisotopic (exact) mass is 451 g/mol. The van der Waals surface area contributed by atoms with E-state index in [0.717, 1.165) is 4.90 Å². The number of carbonyl (C=O) groups excluding carboxylic acids is 3. The summed E-state index contributed by atoms with van der Waals surface area (Å²) in [5.41, 5.74) is 0.0443. The third-order valence-electron chi connectivity index (χ3n) is 5.18. The molecule has 3 N–H and O–H groups in total. The molecule has 1 aliphatic rings. The zero-order valence-electron chi connectivity index (χ0n) is 17.6. The molecule has 2 rings (SSSR count). The Labute approximate surface area is 183 Å². The summed E-state index contributed by atoms with van der Waals surface area (Å²) >= 11 is 0. The predicted octanol–water partition coefficient (Wildman–Crippen LogP) is 0.183. The molecule has 0 aliphatic carbocycles. The van der Waals surface area contributed by atoms with Gasteiger partial charge in [-0.3, -0.25) is 24.5 Å². The molecule has 0 saturated carbocycles. The first kappa shape index (κ1) is 24.7. The van der Waals surface area contributed by atoms with Crippen LogP contribution in [0.3, 0.4) is 0 Å². The fraction of sp³-hybridized carbons (Fsp3) is 0.500. The number of benzene rings is 1. The Hall–Kier alpha value is -3.54. The zero-order chi connectivity index (χ0) is 24.0. The molecule has 0 unspecified atom stereocenters. The predicted molar refractivity (Wildman–Crippen MR) is 108 cm³/mol. The van der Waals surface area contributed by atoms with Crippen molar-refractivity contribution in [1.82, 2.24) is 10.2 Å². The Morgan fingerprint density at radius 1 is 1.28 bits per heavy atom. The summed E-state index contributed by atoms with van der Waals surface area (Å²) in [5.74, 6) is -4.50. The average Bonchev–Trinajstić information content (AvgIpc) is 3.12. The summed E-state index contributed by atoms with van der Waals surface area (Å²) in [7, 11) is 0. The van der Waals surface area contributed by atoms with Crippen LogP contribution in [-0.2, 0) is 23.9 Å². The molecule has 1 heterocycles. The van der Waals surface area contributed by atoms with Gasteiger partial charge in [-0.05, 0) is 12.5 Å². The quantitative estimate of drug-likeness (QED) is 0.268. The highest BCUT2D eigenvalue weighted by Gasteiger charge is 2.41. The van der Waals surface area contributed by atoms with E-state index in [-0.39, 0.29) is 30.8 Å². The molecule has 174 valence electrons. The fourth-order valence-electron chi connectivity index (χ4n) is 3.67. The van der Waals surface area contributed by atoms with Crippen LogP contribution in [0.4, 0.5) is 5.69 Å². The first-order valence-corrected chi connectivity index (χ1v) is 9.93. The minimum atomic E-state index is -1.60. The number of carbonyl (C=O) groups is 4. The van der Waals surface area contributed by atoms with Crippen molar-refractivity contribution in [2.75, 3.05) is 13.2 Å². The summed E-state index contributed by atoms with van der Waals surface area (Å²) in [5, 5.41) is 32.9. The Morgan fingerprint density at radius 3 is 2.41 bits per heavy atom. The Bertz CT molecular complexity index is 887. The number of nitrogens with one attached hydrogen (secondary N) is 1. The highest BCUT2D eigenvalue weighted by atomic mass is 16.6. The number of likely N-dealkylation sites (tertiary alicyclic amines) is 1. The van der Waals surface area contributed by atoms with Gasteiger partial charge in [0, 0.05) is 37.9 Å². The Kier molecular flexibility index (Phi) is 8.24. The van der Waals surface area contributed by atoms with E-state index in [1.165, 1.54) is 31.2 Å². The van der Waals surface area contributed by atoms with Crippen molar-refractivity contribution in [1.29, 1.82) is 0 Å². The van der Waals surface area contributed by atoms with Crippen LogP contribution in [0.2, 0.25) is 0 Å². The zero-order valence-corrected chi connectivity index (χ0v) is 17.6. The molecule has 1 fully saturated rings. The van der Waals surface area contributed by atoms with Gasteiger partial charge in [-0.2, -0.15) is 0 Å². The van der Waals surface area contributed by atoms with Gasteiger partial charge in [-0.25, -0.2) is 4.79 Å². The molecule has 0 spiro atoms. The molecule has 0 radical (unpaired) electrons. The van der Waals surface area contributed by atoms with Gasteiger partial charge in [-0.15, -0.1) is 0 Å². The van der Waals surface area contributed by atoms with Crippen LogP contribution >= 0.6 is 0 Å². The summed E-state index contributed by atoms with van der Waals surface area (Å²) in [6, 6.07) is 2.29. The standard InChI is InChI=1S/C20H25N3O9/c1-3-32-17(26)9-15(12-4-6-13(7-5-12)23(30)31)18(20(28)29)21-19(27)16-8-14(25)10-22(16)11(2)24/h4-7,14-16,18,25H,3,8-10H2,1-2H3,(H,21,27)(H,28,29)/t14-,15-,16+,18-/m1/s1. The number of nitro groups is 1. The number of carboxylic acid groups (broad SMARTS) is 1. The molecule has 0 bridgehead atoms. The molecule has 4 atom stereocenters. The first-order chi connectivity index (χ1) is 15.0. The van der Waals surface area contributed by atoms with Crippen molar-refractivity contribution >= 4 is 29.4 Å². The van der Waals surface area contributed by atoms with Crippen molar-refractivity contribution in [3.63, 3.8) is 0 Å². The Balaban J connectivity index is 2.35. The molecule has 0 aromatic heterocycles. The Morgan fingerprint density at radius 2 is 1.91 bits per heavy atom. The number of β-amino-alcohol motifs (C(OH)–C–C–N with tert-alkyl or cyclic N) is 1. The molecule has 2 amide bonds. The number of ether oxygens (including phenoxy) is 1. The number of non-ortho nitro benzene ring substituents is 1. The molecule has 1 aromatic rings. The molecule has 1 aromatic carbocycles. The van der Waals surface area contributed by atoms with Crippen molar-refractivity contribution in [2.45, 2.75) is 50.8 Å². The summed E-state index contributed by atoms with van der Waals surface area (Å²) in [4.78, 5) is 60.2. The number of esters is 1. The minimum absolute atomic E-state index is 0.0558. The van der Waals surface area contributed by atoms with E-state index >= 15 is 0 Å². The molecular weight excluding hydrogens is 426 g/mol. The number of nitrogens with zero attached hydrogens (tertiary/aromatic N) is 2. The van der Waals surface area contributed by atoms with Crippen molar-refractivity contribution in [2.24, 2.45) is 0 Å². The highest BCUT2D eigenvalue weighted by molar-refractivity contribution is 5.91. The van der Waals surface area contributed by atoms with E-state index in [1.54, 1.807) is 6.92 Å². The maximum Gasteiger partial charge on any atom is 0.326 e. The van der Waals surface area contributed by atoms with Crippen LogP contribution in [0.15, 0.2) is 24.3 Å². The summed E-state index contributed by atoms with van der Waals surface area (Å²) in [6.45, 7) is 2.81. The number of hydrogen-bond donors (Lipinski definition) is 3. The van der Waals surface area contributed by atoms with E-state index in [1.807, 2.05) is 0 Å². The molecule has 12 heteroatoms. The smallest absolute Gasteiger partial charge is 0.326 e. The second-order valence-corrected chi connectivity index (χ2v) is 7.37. The molecule has 1 aliphatic heterocycles. The van der Waals surface area contributed by atoms with Gasteiger partial charge in [0.05, 0.1) is 24.1 Å². The fourth-order valence-corrected chi connectivity index (χ4v) is 3.67. The van der Waals surface area contributed by atoms with E-state index in [4.69, 9.17) is 4.74 Å². The van der Waals surface area contributed by atoms with Crippen LogP contribution in [0.1, 0.15) is 38.2 Å². The SMILES string of the molecule is CCOC(=O)C[C@H](c1ccc([N+](=O)[O-])cc1)[C@@H](NC(=O)[C@@H]1C[C@@H](O)CN1C(C)=O)C(=O)O. The number of rotatable bonds is 9. The molecule has 12 nitrogen and oxygen atoms in total. The van der Waals surface area contributed by atoms with Crippen LogP contribution in [0, 0.1) is 10.1 Å². The van der Waals surface area contributed by atoms with Gasteiger partial charge in [-0.1, -0.05) is 12.1 Å². The van der Waals surface area contributed by atoms with Gasteiger partial charge in [0.1, 0.15) is 12.1 Å². The van der Waals surface area contributed by atoms with E-state index < -0.39 is 59.2 Å². The molecule has 1 saturated heterocycles. The number of nitro benzene ring substituents is 1. The van der Waals surface area contributed by atoms with Gasteiger partial charge in [0.2, 0.25) is 11.8 Å². The maximum absolute atomic E-state index is 12.8. The highest BCUT2D eigenvalue weighted by Crippen LogP contribution is 2.28. The van der Waals surface area contributed by atoms with Gasteiger partial charge < -0.3 is 25.2 Å². The van der Waals surface area contributed by atoms with E-state index in [9.17, 15) is 39.5 Å². The second kappa shape index (κ2) is 10.7. The average molecular weight is 451 g/mol. The molecular formula is C20H25N3O9. The van der Waals surface area contributed by atoms with E-state index in [0.29, 0.717) is 0 Å². The second-order valence-electron chi connectivity index (χ2n) is 7.37. The number of carboxylic acids is 1. The maximum atomic E-state index is 12.8. The first-order valence-electron chi connectivity index (χ1n) is 9.93. The minimum Gasteiger partial charge on any atom is -0.480 e. The van der Waals surface area contributed by atoms with Crippen LogP contribution in [-0.4, -0.2) is 75.1 Å². The van der Waals surface area contributed by atoms with Crippen molar-refractivity contribution < 1.29 is 39.1 Å². The van der Waals surface area contributed by atoms with Crippen molar-refractivity contribution in [3.8, 4) is 0 Å².